The molecule has 0 saturated carbocycles. The van der Waals surface area contributed by atoms with Crippen LogP contribution in [-0.2, 0) is 6.42 Å². The fraction of sp³-hybridized carbons (Fsp3) is 0.600. The Labute approximate surface area is 110 Å². The van der Waals surface area contributed by atoms with Crippen LogP contribution < -0.4 is 0 Å². The highest BCUT2D eigenvalue weighted by molar-refractivity contribution is 5.25. The Morgan fingerprint density at radius 1 is 1.00 bits per heavy atom. The zero-order chi connectivity index (χ0) is 12.8. The van der Waals surface area contributed by atoms with Crippen LogP contribution in [0.15, 0.2) is 24.3 Å². The van der Waals surface area contributed by atoms with Crippen molar-refractivity contribution in [1.82, 2.24) is 9.80 Å². The van der Waals surface area contributed by atoms with Crippen LogP contribution in [-0.4, -0.2) is 54.2 Å². The SMILES string of the molecule is CCN1CCN(CCCc2ccc(O)cc2)CC1. The van der Waals surface area contributed by atoms with E-state index >= 15 is 0 Å². The standard InChI is InChI=1S/C15H24N2O/c1-2-16-10-12-17(13-11-16)9-3-4-14-5-7-15(18)8-6-14/h5-8,18H,2-4,9-13H2,1H3. The lowest BCUT2D eigenvalue weighted by atomic mass is 10.1. The van der Waals surface area contributed by atoms with Crippen molar-refractivity contribution in [2.45, 2.75) is 19.8 Å². The maximum absolute atomic E-state index is 9.22. The second kappa shape index (κ2) is 6.76. The van der Waals surface area contributed by atoms with Gasteiger partial charge in [-0.05, 0) is 43.6 Å². The molecule has 100 valence electrons. The van der Waals surface area contributed by atoms with Crippen molar-refractivity contribution < 1.29 is 5.11 Å². The molecule has 3 heteroatoms. The Morgan fingerprint density at radius 2 is 1.61 bits per heavy atom. The highest BCUT2D eigenvalue weighted by Gasteiger charge is 2.14. The molecule has 1 fully saturated rings. The first-order chi connectivity index (χ1) is 8.78. The lowest BCUT2D eigenvalue weighted by Crippen LogP contribution is -2.46. The molecule has 0 aliphatic carbocycles. The maximum atomic E-state index is 9.22. The van der Waals surface area contributed by atoms with Gasteiger partial charge >= 0.3 is 0 Å². The number of hydrogen-bond donors (Lipinski definition) is 1. The summed E-state index contributed by atoms with van der Waals surface area (Å²) < 4.78 is 0. The molecule has 1 N–H and O–H groups in total. The maximum Gasteiger partial charge on any atom is 0.115 e. The molecule has 1 heterocycles. The van der Waals surface area contributed by atoms with Crippen LogP contribution in [0, 0.1) is 0 Å². The number of phenolic OH excluding ortho intramolecular Hbond substituents is 1. The van der Waals surface area contributed by atoms with Gasteiger partial charge in [0.1, 0.15) is 5.75 Å². The average Bonchev–Trinajstić information content (AvgIpc) is 2.42. The van der Waals surface area contributed by atoms with Gasteiger partial charge in [-0.2, -0.15) is 0 Å². The lowest BCUT2D eigenvalue weighted by molar-refractivity contribution is 0.136. The van der Waals surface area contributed by atoms with Crippen LogP contribution >= 0.6 is 0 Å². The van der Waals surface area contributed by atoms with E-state index in [0.717, 1.165) is 6.42 Å². The monoisotopic (exact) mass is 248 g/mol. The van der Waals surface area contributed by atoms with Crippen LogP contribution in [0.2, 0.25) is 0 Å². The number of hydrogen-bond acceptors (Lipinski definition) is 3. The van der Waals surface area contributed by atoms with E-state index in [-0.39, 0.29) is 0 Å². The zero-order valence-corrected chi connectivity index (χ0v) is 11.3. The number of rotatable bonds is 5. The summed E-state index contributed by atoms with van der Waals surface area (Å²) in [4.78, 5) is 5.07. The Kier molecular flexibility index (Phi) is 5.02. The van der Waals surface area contributed by atoms with Crippen LogP contribution in [0.4, 0.5) is 0 Å². The summed E-state index contributed by atoms with van der Waals surface area (Å²) in [5, 5.41) is 9.22. The van der Waals surface area contributed by atoms with E-state index in [1.807, 2.05) is 12.1 Å². The van der Waals surface area contributed by atoms with Gasteiger partial charge in [-0.15, -0.1) is 0 Å². The molecule has 1 aromatic carbocycles. The Bertz CT molecular complexity index is 342. The molecule has 1 aliphatic heterocycles. The van der Waals surface area contributed by atoms with E-state index in [4.69, 9.17) is 0 Å². The molecule has 0 spiro atoms. The second-order valence-corrected chi connectivity index (χ2v) is 5.05. The molecule has 18 heavy (non-hydrogen) atoms. The molecule has 0 unspecified atom stereocenters. The quantitative estimate of drug-likeness (QED) is 0.863. The molecule has 1 aliphatic rings. The summed E-state index contributed by atoms with van der Waals surface area (Å²) in [5.74, 6) is 0.356. The molecule has 0 atom stereocenters. The largest absolute Gasteiger partial charge is 0.508 e. The smallest absolute Gasteiger partial charge is 0.115 e. The first-order valence-electron chi connectivity index (χ1n) is 7.00. The van der Waals surface area contributed by atoms with E-state index in [9.17, 15) is 5.11 Å². The molecule has 1 saturated heterocycles. The van der Waals surface area contributed by atoms with Gasteiger partial charge < -0.3 is 14.9 Å². The molecule has 2 rings (SSSR count). The van der Waals surface area contributed by atoms with Gasteiger partial charge in [0.05, 0.1) is 0 Å². The highest BCUT2D eigenvalue weighted by Crippen LogP contribution is 2.11. The van der Waals surface area contributed by atoms with Crippen molar-refractivity contribution in [2.24, 2.45) is 0 Å². The van der Waals surface area contributed by atoms with Crippen molar-refractivity contribution in [3.63, 3.8) is 0 Å². The van der Waals surface area contributed by atoms with Crippen LogP contribution in [0.25, 0.3) is 0 Å². The minimum atomic E-state index is 0.356. The molecule has 1 aromatic rings. The summed E-state index contributed by atoms with van der Waals surface area (Å²) in [5.41, 5.74) is 1.32. The van der Waals surface area contributed by atoms with Crippen molar-refractivity contribution in [3.05, 3.63) is 29.8 Å². The van der Waals surface area contributed by atoms with Gasteiger partial charge in [-0.3, -0.25) is 0 Å². The lowest BCUT2D eigenvalue weighted by Gasteiger charge is -2.33. The van der Waals surface area contributed by atoms with E-state index in [2.05, 4.69) is 16.7 Å². The van der Waals surface area contributed by atoms with Crippen LogP contribution in [0.5, 0.6) is 5.75 Å². The van der Waals surface area contributed by atoms with Crippen molar-refractivity contribution in [2.75, 3.05) is 39.3 Å². The Balaban J connectivity index is 1.65. The fourth-order valence-electron chi connectivity index (χ4n) is 2.50. The number of nitrogens with zero attached hydrogens (tertiary/aromatic N) is 2. The number of phenols is 1. The van der Waals surface area contributed by atoms with Gasteiger partial charge in [0.25, 0.3) is 0 Å². The van der Waals surface area contributed by atoms with Crippen LogP contribution in [0.3, 0.4) is 0 Å². The predicted octanol–water partition coefficient (Wildman–Crippen LogP) is 1.96. The van der Waals surface area contributed by atoms with Gasteiger partial charge in [-0.25, -0.2) is 0 Å². The predicted molar refractivity (Wildman–Crippen MR) is 75.0 cm³/mol. The minimum absolute atomic E-state index is 0.356. The highest BCUT2D eigenvalue weighted by atomic mass is 16.3. The van der Waals surface area contributed by atoms with Gasteiger partial charge in [0.2, 0.25) is 0 Å². The van der Waals surface area contributed by atoms with E-state index in [0.29, 0.717) is 5.75 Å². The summed E-state index contributed by atoms with van der Waals surface area (Å²) in [6.07, 6.45) is 2.31. The number of aromatic hydroxyl groups is 1. The number of likely N-dealkylation sites (N-methyl/N-ethyl adjacent to an activating group) is 1. The number of piperazine rings is 1. The second-order valence-electron chi connectivity index (χ2n) is 5.05. The van der Waals surface area contributed by atoms with Crippen molar-refractivity contribution in [1.29, 1.82) is 0 Å². The van der Waals surface area contributed by atoms with Gasteiger partial charge in [0, 0.05) is 26.2 Å². The van der Waals surface area contributed by atoms with Gasteiger partial charge in [-0.1, -0.05) is 19.1 Å². The normalized spacial score (nSPS) is 18.1. The summed E-state index contributed by atoms with van der Waals surface area (Å²) in [6.45, 7) is 9.47. The molecule has 0 amide bonds. The average molecular weight is 248 g/mol. The molecule has 3 nitrogen and oxygen atoms in total. The molecule has 0 radical (unpaired) electrons. The third kappa shape index (κ3) is 4.00. The first-order valence-corrected chi connectivity index (χ1v) is 7.00. The number of aryl methyl sites for hydroxylation is 1. The summed E-state index contributed by atoms with van der Waals surface area (Å²) >= 11 is 0. The van der Waals surface area contributed by atoms with Crippen molar-refractivity contribution >= 4 is 0 Å². The minimum Gasteiger partial charge on any atom is -0.508 e. The summed E-state index contributed by atoms with van der Waals surface area (Å²) in [7, 11) is 0. The van der Waals surface area contributed by atoms with E-state index in [1.165, 1.54) is 51.3 Å². The van der Waals surface area contributed by atoms with Gasteiger partial charge in [0.15, 0.2) is 0 Å². The van der Waals surface area contributed by atoms with E-state index in [1.54, 1.807) is 12.1 Å². The molecular weight excluding hydrogens is 224 g/mol. The zero-order valence-electron chi connectivity index (χ0n) is 11.3. The van der Waals surface area contributed by atoms with Crippen molar-refractivity contribution in [3.8, 4) is 5.75 Å². The third-order valence-electron chi connectivity index (χ3n) is 3.79. The fourth-order valence-corrected chi connectivity index (χ4v) is 2.50. The topological polar surface area (TPSA) is 26.7 Å². The summed E-state index contributed by atoms with van der Waals surface area (Å²) in [6, 6.07) is 7.58. The Morgan fingerprint density at radius 3 is 2.22 bits per heavy atom. The van der Waals surface area contributed by atoms with Crippen LogP contribution in [0.1, 0.15) is 18.9 Å². The first kappa shape index (κ1) is 13.4. The Hall–Kier alpha value is -1.06. The molecule has 0 bridgehead atoms. The third-order valence-corrected chi connectivity index (χ3v) is 3.79. The molecule has 0 aromatic heterocycles. The molecular formula is C15H24N2O. The number of benzene rings is 1. The van der Waals surface area contributed by atoms with E-state index < -0.39 is 0 Å².